The van der Waals surface area contributed by atoms with E-state index in [1.54, 1.807) is 6.07 Å². The van der Waals surface area contributed by atoms with Gasteiger partial charge in [0, 0.05) is 23.6 Å². The maximum Gasteiger partial charge on any atom is 0.133 e. The molecule has 1 aromatic rings. The Balaban J connectivity index is 2.28. The summed E-state index contributed by atoms with van der Waals surface area (Å²) >= 11 is 5.81. The highest BCUT2D eigenvalue weighted by Gasteiger charge is 2.24. The fourth-order valence-electron chi connectivity index (χ4n) is 2.00. The summed E-state index contributed by atoms with van der Waals surface area (Å²) in [5.74, 6) is 0.643. The van der Waals surface area contributed by atoms with E-state index in [-0.39, 0.29) is 0 Å². The number of carbonyl (C=O) groups excluding carboxylic acids is 1. The van der Waals surface area contributed by atoms with Gasteiger partial charge in [-0.25, -0.2) is 0 Å². The van der Waals surface area contributed by atoms with Crippen molar-refractivity contribution in [2.24, 2.45) is 0 Å². The van der Waals surface area contributed by atoms with E-state index in [0.29, 0.717) is 35.3 Å². The van der Waals surface area contributed by atoms with E-state index in [0.717, 1.165) is 12.0 Å². The molecule has 1 unspecified atom stereocenters. The van der Waals surface area contributed by atoms with Gasteiger partial charge in [0.05, 0.1) is 0 Å². The number of nitrogen functional groups attached to an aromatic ring is 1. The van der Waals surface area contributed by atoms with Gasteiger partial charge in [-0.1, -0.05) is 17.7 Å². The predicted octanol–water partition coefficient (Wildman–Crippen LogP) is 2.76. The Bertz CT molecular complexity index is 376. The van der Waals surface area contributed by atoms with Crippen LogP contribution < -0.4 is 5.73 Å². The van der Waals surface area contributed by atoms with Crippen molar-refractivity contribution in [1.29, 1.82) is 0 Å². The third-order valence-corrected chi connectivity index (χ3v) is 2.97. The normalized spacial score (nSPS) is 21.5. The van der Waals surface area contributed by atoms with Crippen LogP contribution in [0.5, 0.6) is 0 Å². The zero-order chi connectivity index (χ0) is 10.1. The molecular formula is C11H12ClNO. The molecule has 1 fully saturated rings. The standard InChI is InChI=1S/C11H12ClNO/c12-8-2-4-10(11(13)6-8)7-1-3-9(14)5-7/h2,4,6-7H,1,3,5,13H2. The van der Waals surface area contributed by atoms with Crippen LogP contribution in [0.3, 0.4) is 0 Å². The Morgan fingerprint density at radius 3 is 2.79 bits per heavy atom. The van der Waals surface area contributed by atoms with E-state index in [4.69, 9.17) is 17.3 Å². The van der Waals surface area contributed by atoms with Gasteiger partial charge in [-0.3, -0.25) is 4.79 Å². The Kier molecular flexibility index (Phi) is 2.46. The summed E-state index contributed by atoms with van der Waals surface area (Å²) in [6.45, 7) is 0. The molecule has 74 valence electrons. The van der Waals surface area contributed by atoms with Crippen molar-refractivity contribution in [3.05, 3.63) is 28.8 Å². The van der Waals surface area contributed by atoms with E-state index in [9.17, 15) is 4.79 Å². The molecule has 2 rings (SSSR count). The second kappa shape index (κ2) is 3.62. The van der Waals surface area contributed by atoms with Gasteiger partial charge in [-0.15, -0.1) is 0 Å². The molecular weight excluding hydrogens is 198 g/mol. The number of halogens is 1. The minimum absolute atomic E-state index is 0.305. The summed E-state index contributed by atoms with van der Waals surface area (Å²) in [5, 5.41) is 0.649. The average molecular weight is 210 g/mol. The first-order chi connectivity index (χ1) is 6.66. The molecule has 0 amide bonds. The third kappa shape index (κ3) is 1.75. The quantitative estimate of drug-likeness (QED) is 0.723. The van der Waals surface area contributed by atoms with Crippen LogP contribution in [0.1, 0.15) is 30.7 Å². The molecule has 1 aromatic carbocycles. The van der Waals surface area contributed by atoms with Gasteiger partial charge < -0.3 is 5.73 Å². The Labute approximate surface area is 88.1 Å². The van der Waals surface area contributed by atoms with Crippen molar-refractivity contribution >= 4 is 23.1 Å². The minimum atomic E-state index is 0.305. The first kappa shape index (κ1) is 9.53. The van der Waals surface area contributed by atoms with Crippen molar-refractivity contribution in [1.82, 2.24) is 0 Å². The molecule has 0 heterocycles. The molecule has 1 aliphatic rings. The molecule has 0 saturated heterocycles. The highest BCUT2D eigenvalue weighted by molar-refractivity contribution is 6.30. The molecule has 1 atom stereocenters. The van der Waals surface area contributed by atoms with Crippen LogP contribution in [0.25, 0.3) is 0 Å². The van der Waals surface area contributed by atoms with Gasteiger partial charge in [-0.2, -0.15) is 0 Å². The number of benzene rings is 1. The lowest BCUT2D eigenvalue weighted by Gasteiger charge is -2.11. The second-order valence-corrected chi connectivity index (χ2v) is 4.19. The topological polar surface area (TPSA) is 43.1 Å². The number of hydrogen-bond donors (Lipinski definition) is 1. The Morgan fingerprint density at radius 2 is 2.21 bits per heavy atom. The van der Waals surface area contributed by atoms with E-state index in [1.165, 1.54) is 0 Å². The van der Waals surface area contributed by atoms with Crippen molar-refractivity contribution in [2.75, 3.05) is 5.73 Å². The van der Waals surface area contributed by atoms with Crippen LogP contribution in [0.15, 0.2) is 18.2 Å². The largest absolute Gasteiger partial charge is 0.398 e. The number of ketones is 1. The summed E-state index contributed by atoms with van der Waals surface area (Å²) < 4.78 is 0. The first-order valence-electron chi connectivity index (χ1n) is 4.73. The van der Waals surface area contributed by atoms with Gasteiger partial charge in [0.1, 0.15) is 5.78 Å². The maximum absolute atomic E-state index is 11.1. The highest BCUT2D eigenvalue weighted by atomic mass is 35.5. The minimum Gasteiger partial charge on any atom is -0.398 e. The molecule has 14 heavy (non-hydrogen) atoms. The van der Waals surface area contributed by atoms with Crippen molar-refractivity contribution in [2.45, 2.75) is 25.2 Å². The van der Waals surface area contributed by atoms with Crippen molar-refractivity contribution in [3.8, 4) is 0 Å². The van der Waals surface area contributed by atoms with Gasteiger partial charge in [0.2, 0.25) is 0 Å². The highest BCUT2D eigenvalue weighted by Crippen LogP contribution is 2.35. The fourth-order valence-corrected chi connectivity index (χ4v) is 2.18. The van der Waals surface area contributed by atoms with E-state index in [2.05, 4.69) is 0 Å². The average Bonchev–Trinajstić information content (AvgIpc) is 2.51. The monoisotopic (exact) mass is 209 g/mol. The number of Topliss-reactive ketones (excluding diaryl/α,β-unsaturated/α-hetero) is 1. The summed E-state index contributed by atoms with van der Waals surface area (Å²) in [6, 6.07) is 5.51. The maximum atomic E-state index is 11.1. The lowest BCUT2D eigenvalue weighted by Crippen LogP contribution is -1.99. The lowest BCUT2D eigenvalue weighted by atomic mass is 9.96. The molecule has 1 saturated carbocycles. The van der Waals surface area contributed by atoms with Crippen LogP contribution in [-0.2, 0) is 4.79 Å². The van der Waals surface area contributed by atoms with Crippen LogP contribution in [-0.4, -0.2) is 5.78 Å². The van der Waals surface area contributed by atoms with Crippen LogP contribution in [0.2, 0.25) is 5.02 Å². The molecule has 3 heteroatoms. The van der Waals surface area contributed by atoms with Crippen LogP contribution in [0.4, 0.5) is 5.69 Å². The molecule has 0 radical (unpaired) electrons. The van der Waals surface area contributed by atoms with Gasteiger partial charge in [0.15, 0.2) is 0 Å². The van der Waals surface area contributed by atoms with Crippen molar-refractivity contribution in [3.63, 3.8) is 0 Å². The Morgan fingerprint density at radius 1 is 1.43 bits per heavy atom. The molecule has 0 spiro atoms. The van der Waals surface area contributed by atoms with E-state index >= 15 is 0 Å². The number of hydrogen-bond acceptors (Lipinski definition) is 2. The van der Waals surface area contributed by atoms with Gasteiger partial charge in [0.25, 0.3) is 0 Å². The summed E-state index contributed by atoms with van der Waals surface area (Å²) in [6.07, 6.45) is 2.24. The molecule has 0 aromatic heterocycles. The summed E-state index contributed by atoms with van der Waals surface area (Å²) in [7, 11) is 0. The zero-order valence-corrected chi connectivity index (χ0v) is 8.55. The fraction of sp³-hybridized carbons (Fsp3) is 0.364. The van der Waals surface area contributed by atoms with Gasteiger partial charge >= 0.3 is 0 Å². The van der Waals surface area contributed by atoms with E-state index in [1.807, 2.05) is 12.1 Å². The number of carbonyl (C=O) groups is 1. The molecule has 2 nitrogen and oxygen atoms in total. The first-order valence-corrected chi connectivity index (χ1v) is 5.11. The smallest absolute Gasteiger partial charge is 0.133 e. The van der Waals surface area contributed by atoms with Crippen LogP contribution >= 0.6 is 11.6 Å². The number of nitrogens with two attached hydrogens (primary N) is 1. The SMILES string of the molecule is Nc1cc(Cl)ccc1C1CCC(=O)C1. The molecule has 0 aliphatic heterocycles. The number of rotatable bonds is 1. The third-order valence-electron chi connectivity index (χ3n) is 2.73. The molecule has 2 N–H and O–H groups in total. The summed E-state index contributed by atoms with van der Waals surface area (Å²) in [4.78, 5) is 11.1. The van der Waals surface area contributed by atoms with Gasteiger partial charge in [-0.05, 0) is 30.0 Å². The summed E-state index contributed by atoms with van der Waals surface area (Å²) in [5.41, 5.74) is 7.63. The van der Waals surface area contributed by atoms with Crippen LogP contribution in [0, 0.1) is 0 Å². The van der Waals surface area contributed by atoms with E-state index < -0.39 is 0 Å². The predicted molar refractivity (Wildman–Crippen MR) is 57.5 cm³/mol. The lowest BCUT2D eigenvalue weighted by molar-refractivity contribution is -0.117. The Hall–Kier alpha value is -1.02. The molecule has 1 aliphatic carbocycles. The van der Waals surface area contributed by atoms with Crippen molar-refractivity contribution < 1.29 is 4.79 Å². The number of anilines is 1. The molecule has 0 bridgehead atoms. The zero-order valence-electron chi connectivity index (χ0n) is 7.79. The second-order valence-electron chi connectivity index (χ2n) is 3.75.